The van der Waals surface area contributed by atoms with Gasteiger partial charge in [-0.15, -0.1) is 11.8 Å². The van der Waals surface area contributed by atoms with Gasteiger partial charge in [0.15, 0.2) is 5.76 Å². The number of carbonyl (C=O) groups excluding carboxylic acids is 1. The van der Waals surface area contributed by atoms with Crippen molar-refractivity contribution in [1.82, 2.24) is 5.32 Å². The summed E-state index contributed by atoms with van der Waals surface area (Å²) in [5.41, 5.74) is 1.16. The lowest BCUT2D eigenvalue weighted by molar-refractivity contribution is 0.0925. The first kappa shape index (κ1) is 20.7. The van der Waals surface area contributed by atoms with Crippen LogP contribution in [0.1, 0.15) is 21.9 Å². The maximum Gasteiger partial charge on any atom is 0.287 e. The van der Waals surface area contributed by atoms with Crippen LogP contribution in [0, 0.1) is 0 Å². The molecule has 1 N–H and O–H groups in total. The van der Waals surface area contributed by atoms with E-state index in [9.17, 15) is 9.00 Å². The van der Waals surface area contributed by atoms with E-state index in [0.29, 0.717) is 22.2 Å². The van der Waals surface area contributed by atoms with Gasteiger partial charge < -0.3 is 9.73 Å². The highest BCUT2D eigenvalue weighted by Gasteiger charge is 2.13. The highest BCUT2D eigenvalue weighted by molar-refractivity contribution is 7.98. The van der Waals surface area contributed by atoms with Crippen molar-refractivity contribution in [2.45, 2.75) is 22.0 Å². The quantitative estimate of drug-likeness (QED) is 0.511. The van der Waals surface area contributed by atoms with Gasteiger partial charge in [-0.3, -0.25) is 9.00 Å². The second kappa shape index (κ2) is 9.96. The van der Waals surface area contributed by atoms with Crippen molar-refractivity contribution in [3.8, 4) is 0 Å². The molecule has 3 rings (SSSR count). The van der Waals surface area contributed by atoms with E-state index in [0.717, 1.165) is 12.0 Å². The maximum atomic E-state index is 12.4. The monoisotopic (exact) mass is 433 g/mol. The van der Waals surface area contributed by atoms with Crippen LogP contribution >= 0.6 is 23.4 Å². The van der Waals surface area contributed by atoms with Crippen LogP contribution in [0.25, 0.3) is 0 Å². The van der Waals surface area contributed by atoms with Crippen LogP contribution in [0.4, 0.5) is 0 Å². The number of hydrogen-bond acceptors (Lipinski definition) is 4. The molecule has 1 amide bonds. The van der Waals surface area contributed by atoms with Gasteiger partial charge >= 0.3 is 0 Å². The topological polar surface area (TPSA) is 59.3 Å². The van der Waals surface area contributed by atoms with Crippen molar-refractivity contribution in [3.05, 3.63) is 82.8 Å². The summed E-state index contributed by atoms with van der Waals surface area (Å²) < 4.78 is 18.0. The average molecular weight is 434 g/mol. The standard InChI is InChI=1S/C21H20ClNO3S2/c1-27-18-8-5-15(6-9-18)11-12-23-21(24)20-10-7-17(26-20)14-28(25)19-4-2-3-16(22)13-19/h2-10,13H,11-12,14H2,1H3,(H,23,24). The van der Waals surface area contributed by atoms with Crippen LogP contribution in [0.5, 0.6) is 0 Å². The van der Waals surface area contributed by atoms with Gasteiger partial charge in [-0.25, -0.2) is 0 Å². The minimum Gasteiger partial charge on any atom is -0.455 e. The molecule has 2 aromatic carbocycles. The number of thioether (sulfide) groups is 1. The molecule has 0 aliphatic rings. The summed E-state index contributed by atoms with van der Waals surface area (Å²) in [7, 11) is -1.29. The summed E-state index contributed by atoms with van der Waals surface area (Å²) in [6.45, 7) is 0.516. The predicted molar refractivity (Wildman–Crippen MR) is 115 cm³/mol. The highest BCUT2D eigenvalue weighted by atomic mass is 35.5. The van der Waals surface area contributed by atoms with E-state index >= 15 is 0 Å². The molecule has 0 spiro atoms. The number of halogens is 1. The fourth-order valence-corrected chi connectivity index (χ4v) is 4.33. The molecule has 28 heavy (non-hydrogen) atoms. The lowest BCUT2D eigenvalue weighted by Crippen LogP contribution is -2.25. The first-order chi connectivity index (χ1) is 13.5. The molecule has 146 valence electrons. The van der Waals surface area contributed by atoms with Crippen molar-refractivity contribution in [3.63, 3.8) is 0 Å². The van der Waals surface area contributed by atoms with E-state index in [1.54, 1.807) is 48.2 Å². The van der Waals surface area contributed by atoms with Gasteiger partial charge in [0.25, 0.3) is 5.91 Å². The summed E-state index contributed by atoms with van der Waals surface area (Å²) in [5, 5.41) is 3.39. The molecule has 0 aliphatic carbocycles. The number of furan rings is 1. The molecule has 0 saturated carbocycles. The van der Waals surface area contributed by atoms with Gasteiger partial charge in [-0.05, 0) is 60.7 Å². The van der Waals surface area contributed by atoms with Crippen LogP contribution in [-0.2, 0) is 23.0 Å². The minimum absolute atomic E-state index is 0.190. The molecule has 0 bridgehead atoms. The summed E-state index contributed by atoms with van der Waals surface area (Å²) in [4.78, 5) is 14.1. The first-order valence-corrected chi connectivity index (χ1v) is 11.6. The Morgan fingerprint density at radius 3 is 2.64 bits per heavy atom. The Balaban J connectivity index is 1.51. The van der Waals surface area contributed by atoms with Crippen molar-refractivity contribution in [2.24, 2.45) is 0 Å². The van der Waals surface area contributed by atoms with Crippen molar-refractivity contribution in [1.29, 1.82) is 0 Å². The summed E-state index contributed by atoms with van der Waals surface area (Å²) in [6, 6.07) is 18.5. The SMILES string of the molecule is CSc1ccc(CCNC(=O)c2ccc(CS(=O)c3cccc(Cl)c3)o2)cc1. The van der Waals surface area contributed by atoms with Gasteiger partial charge in [0.2, 0.25) is 0 Å². The minimum atomic E-state index is -1.29. The number of amides is 1. The van der Waals surface area contributed by atoms with Crippen molar-refractivity contribution >= 4 is 40.1 Å². The van der Waals surface area contributed by atoms with E-state index in [2.05, 4.69) is 29.6 Å². The largest absolute Gasteiger partial charge is 0.455 e. The first-order valence-electron chi connectivity index (χ1n) is 8.69. The zero-order chi connectivity index (χ0) is 19.9. The number of rotatable bonds is 8. The Labute approximate surface area is 176 Å². The second-order valence-corrected chi connectivity index (χ2v) is 8.83. The third-order valence-electron chi connectivity index (χ3n) is 4.08. The smallest absolute Gasteiger partial charge is 0.287 e. The molecule has 1 atom stereocenters. The van der Waals surface area contributed by atoms with Gasteiger partial charge in [0, 0.05) is 21.4 Å². The van der Waals surface area contributed by atoms with Crippen LogP contribution in [0.3, 0.4) is 0 Å². The summed E-state index contributed by atoms with van der Waals surface area (Å²) in [5.74, 6) is 0.627. The van der Waals surface area contributed by atoms with Crippen LogP contribution in [0.2, 0.25) is 5.02 Å². The third-order valence-corrected chi connectivity index (χ3v) is 6.38. The van der Waals surface area contributed by atoms with Crippen molar-refractivity contribution in [2.75, 3.05) is 12.8 Å². The molecule has 1 aromatic heterocycles. The molecule has 0 saturated heterocycles. The predicted octanol–water partition coefficient (Wildman–Crippen LogP) is 4.94. The Morgan fingerprint density at radius 2 is 1.93 bits per heavy atom. The van der Waals surface area contributed by atoms with E-state index in [4.69, 9.17) is 16.0 Å². The molecule has 1 unspecified atom stereocenters. The van der Waals surface area contributed by atoms with Gasteiger partial charge in [0.1, 0.15) is 5.76 Å². The molecule has 4 nitrogen and oxygen atoms in total. The number of benzene rings is 2. The van der Waals surface area contributed by atoms with E-state index < -0.39 is 10.8 Å². The molecule has 0 fully saturated rings. The zero-order valence-electron chi connectivity index (χ0n) is 15.3. The third kappa shape index (κ3) is 5.74. The molecular formula is C21H20ClNO3S2. The fraction of sp³-hybridized carbons (Fsp3) is 0.190. The molecule has 1 heterocycles. The Morgan fingerprint density at radius 1 is 1.14 bits per heavy atom. The Hall–Kier alpha value is -2.02. The highest BCUT2D eigenvalue weighted by Crippen LogP contribution is 2.18. The van der Waals surface area contributed by atoms with Crippen molar-refractivity contribution < 1.29 is 13.4 Å². The van der Waals surface area contributed by atoms with Gasteiger partial charge in [0.05, 0.1) is 16.6 Å². The van der Waals surface area contributed by atoms with E-state index in [1.165, 1.54) is 4.90 Å². The van der Waals surface area contributed by atoms with Crippen LogP contribution in [0.15, 0.2) is 74.9 Å². The van der Waals surface area contributed by atoms with E-state index in [-0.39, 0.29) is 17.4 Å². The van der Waals surface area contributed by atoms with Crippen LogP contribution in [-0.4, -0.2) is 22.9 Å². The molecular weight excluding hydrogens is 414 g/mol. The second-order valence-electron chi connectivity index (χ2n) is 6.07. The average Bonchev–Trinajstić information content (AvgIpc) is 3.17. The number of nitrogens with one attached hydrogen (secondary N) is 1. The molecule has 3 aromatic rings. The molecule has 0 aliphatic heterocycles. The fourth-order valence-electron chi connectivity index (χ4n) is 2.60. The Bertz CT molecular complexity index is 970. The lowest BCUT2D eigenvalue weighted by Gasteiger charge is -2.05. The molecule has 0 radical (unpaired) electrons. The number of hydrogen-bond donors (Lipinski definition) is 1. The molecule has 7 heteroatoms. The normalized spacial score (nSPS) is 11.9. The van der Waals surface area contributed by atoms with Gasteiger partial charge in [-0.1, -0.05) is 29.8 Å². The van der Waals surface area contributed by atoms with Crippen LogP contribution < -0.4 is 5.32 Å². The Kier molecular flexibility index (Phi) is 7.36. The summed E-state index contributed by atoms with van der Waals surface area (Å²) in [6.07, 6.45) is 2.78. The lowest BCUT2D eigenvalue weighted by atomic mass is 10.1. The van der Waals surface area contributed by atoms with E-state index in [1.807, 2.05) is 6.26 Å². The summed E-state index contributed by atoms with van der Waals surface area (Å²) >= 11 is 7.63. The maximum absolute atomic E-state index is 12.4. The number of carbonyl (C=O) groups is 1. The van der Waals surface area contributed by atoms with Gasteiger partial charge in [-0.2, -0.15) is 0 Å². The zero-order valence-corrected chi connectivity index (χ0v) is 17.7.